The number of aromatic nitrogens is 2. The molecule has 1 saturated heterocycles. The largest absolute Gasteiger partial charge is 0.494 e. The summed E-state index contributed by atoms with van der Waals surface area (Å²) in [6.07, 6.45) is 5.11. The van der Waals surface area contributed by atoms with E-state index in [9.17, 15) is 4.79 Å². The summed E-state index contributed by atoms with van der Waals surface area (Å²) in [7, 11) is 1.67. The Hall–Kier alpha value is -3.52. The van der Waals surface area contributed by atoms with Crippen LogP contribution in [0.15, 0.2) is 54.9 Å². The van der Waals surface area contributed by atoms with Crippen LogP contribution in [0.3, 0.4) is 0 Å². The molecule has 0 unspecified atom stereocenters. The molecular formula is C23H26N4O4. The second-order valence-corrected chi connectivity index (χ2v) is 7.27. The SMILES string of the molecule is COc1cccc2ccc(CN(Cc3ccncc3)C[C@@H]3CCC(=O)N3)nc12.O=CO. The second kappa shape index (κ2) is 11.0. The molecule has 162 valence electrons. The molecule has 0 spiro atoms. The standard InChI is InChI=1S/C22H24N4O2.CH2O2/c1-28-20-4-2-3-17-5-6-19(25-22(17)20)15-26(13-16-9-11-23-12-10-16)14-18-7-8-21(27)24-18;2-1-3/h2-6,9-12,18H,7-8,13-15H2,1H3,(H,24,27);1H,(H,2,3)/t18-;/m0./s1. The molecule has 0 saturated carbocycles. The molecule has 2 N–H and O–H groups in total. The average molecular weight is 422 g/mol. The summed E-state index contributed by atoms with van der Waals surface area (Å²) >= 11 is 0. The van der Waals surface area contributed by atoms with Crippen molar-refractivity contribution in [2.24, 2.45) is 0 Å². The summed E-state index contributed by atoms with van der Waals surface area (Å²) in [5.41, 5.74) is 3.05. The second-order valence-electron chi connectivity index (χ2n) is 7.27. The Morgan fingerprint density at radius 3 is 2.65 bits per heavy atom. The number of carbonyl (C=O) groups excluding carboxylic acids is 1. The van der Waals surface area contributed by atoms with Gasteiger partial charge in [0.25, 0.3) is 6.47 Å². The van der Waals surface area contributed by atoms with Gasteiger partial charge in [-0.3, -0.25) is 19.5 Å². The first-order valence-electron chi connectivity index (χ1n) is 10.0. The van der Waals surface area contributed by atoms with Crippen molar-refractivity contribution in [2.45, 2.75) is 32.0 Å². The number of carboxylic acid groups (broad SMARTS) is 1. The number of benzene rings is 1. The zero-order valence-electron chi connectivity index (χ0n) is 17.4. The molecule has 31 heavy (non-hydrogen) atoms. The predicted octanol–water partition coefficient (Wildman–Crippen LogP) is 2.62. The molecule has 4 rings (SSSR count). The molecular weight excluding hydrogens is 396 g/mol. The van der Waals surface area contributed by atoms with Gasteiger partial charge in [0.05, 0.1) is 12.8 Å². The number of fused-ring (bicyclic) bond motifs is 1. The van der Waals surface area contributed by atoms with Crippen LogP contribution in [-0.2, 0) is 22.7 Å². The van der Waals surface area contributed by atoms with Crippen molar-refractivity contribution < 1.29 is 19.4 Å². The fourth-order valence-electron chi connectivity index (χ4n) is 3.70. The topological polar surface area (TPSA) is 105 Å². The summed E-state index contributed by atoms with van der Waals surface area (Å²) in [6, 6.07) is 14.3. The zero-order chi connectivity index (χ0) is 22.1. The highest BCUT2D eigenvalue weighted by atomic mass is 16.5. The van der Waals surface area contributed by atoms with Gasteiger partial charge in [-0.1, -0.05) is 18.2 Å². The van der Waals surface area contributed by atoms with Gasteiger partial charge in [-0.15, -0.1) is 0 Å². The third kappa shape index (κ3) is 6.23. The molecule has 0 radical (unpaired) electrons. The molecule has 0 aliphatic carbocycles. The Morgan fingerprint density at radius 1 is 1.19 bits per heavy atom. The van der Waals surface area contributed by atoms with Crippen LogP contribution in [0.5, 0.6) is 5.75 Å². The maximum Gasteiger partial charge on any atom is 0.290 e. The van der Waals surface area contributed by atoms with Gasteiger partial charge < -0.3 is 15.2 Å². The highest BCUT2D eigenvalue weighted by molar-refractivity contribution is 5.84. The number of nitrogens with one attached hydrogen (secondary N) is 1. The van der Waals surface area contributed by atoms with Crippen LogP contribution in [0.2, 0.25) is 0 Å². The normalized spacial score (nSPS) is 15.3. The van der Waals surface area contributed by atoms with E-state index >= 15 is 0 Å². The van der Waals surface area contributed by atoms with Crippen LogP contribution in [-0.4, -0.2) is 52.1 Å². The lowest BCUT2D eigenvalue weighted by Crippen LogP contribution is -2.38. The summed E-state index contributed by atoms with van der Waals surface area (Å²) < 4.78 is 5.47. The van der Waals surface area contributed by atoms with E-state index in [1.54, 1.807) is 7.11 Å². The zero-order valence-corrected chi connectivity index (χ0v) is 17.4. The van der Waals surface area contributed by atoms with E-state index in [1.165, 1.54) is 5.56 Å². The van der Waals surface area contributed by atoms with Gasteiger partial charge in [-0.2, -0.15) is 0 Å². The van der Waals surface area contributed by atoms with Crippen molar-refractivity contribution in [3.8, 4) is 5.75 Å². The number of amides is 1. The van der Waals surface area contributed by atoms with E-state index in [0.717, 1.165) is 41.9 Å². The molecule has 8 heteroatoms. The van der Waals surface area contributed by atoms with E-state index in [1.807, 2.05) is 42.7 Å². The molecule has 3 heterocycles. The summed E-state index contributed by atoms with van der Waals surface area (Å²) in [4.78, 5) is 31.2. The third-order valence-corrected chi connectivity index (χ3v) is 5.07. The molecule has 1 aliphatic rings. The Morgan fingerprint density at radius 2 is 1.97 bits per heavy atom. The first-order valence-corrected chi connectivity index (χ1v) is 10.0. The molecule has 1 aromatic carbocycles. The fraction of sp³-hybridized carbons (Fsp3) is 0.304. The number of hydrogen-bond acceptors (Lipinski definition) is 6. The molecule has 0 bridgehead atoms. The highest BCUT2D eigenvalue weighted by Crippen LogP contribution is 2.24. The minimum atomic E-state index is -0.250. The van der Waals surface area contributed by atoms with Crippen LogP contribution >= 0.6 is 0 Å². The highest BCUT2D eigenvalue weighted by Gasteiger charge is 2.23. The number of methoxy groups -OCH3 is 1. The van der Waals surface area contributed by atoms with E-state index in [4.69, 9.17) is 19.6 Å². The molecule has 1 amide bonds. The number of nitrogens with zero attached hydrogens (tertiary/aromatic N) is 3. The maximum atomic E-state index is 11.6. The first-order chi connectivity index (χ1) is 15.1. The lowest BCUT2D eigenvalue weighted by Gasteiger charge is -2.25. The quantitative estimate of drug-likeness (QED) is 0.564. The number of rotatable bonds is 7. The average Bonchev–Trinajstić information content (AvgIpc) is 3.19. The molecule has 3 aromatic rings. The van der Waals surface area contributed by atoms with Gasteiger partial charge >= 0.3 is 0 Å². The van der Waals surface area contributed by atoms with Gasteiger partial charge in [0.2, 0.25) is 5.91 Å². The van der Waals surface area contributed by atoms with Gasteiger partial charge in [-0.25, -0.2) is 4.98 Å². The number of ether oxygens (including phenoxy) is 1. The van der Waals surface area contributed by atoms with E-state index in [2.05, 4.69) is 27.3 Å². The van der Waals surface area contributed by atoms with Crippen molar-refractivity contribution in [2.75, 3.05) is 13.7 Å². The van der Waals surface area contributed by atoms with Gasteiger partial charge in [0.1, 0.15) is 11.3 Å². The number of para-hydroxylation sites is 1. The van der Waals surface area contributed by atoms with Gasteiger partial charge in [-0.05, 0) is 36.2 Å². The predicted molar refractivity (Wildman–Crippen MR) is 117 cm³/mol. The van der Waals surface area contributed by atoms with Gasteiger partial charge in [0, 0.05) is 49.9 Å². The Kier molecular flexibility index (Phi) is 7.89. The molecule has 2 aromatic heterocycles. The van der Waals surface area contributed by atoms with Crippen LogP contribution in [0.1, 0.15) is 24.1 Å². The third-order valence-electron chi connectivity index (χ3n) is 5.07. The molecule has 1 atom stereocenters. The van der Waals surface area contributed by atoms with Crippen LogP contribution in [0.25, 0.3) is 10.9 Å². The molecule has 1 aliphatic heterocycles. The van der Waals surface area contributed by atoms with Crippen molar-refractivity contribution in [3.05, 3.63) is 66.1 Å². The summed E-state index contributed by atoms with van der Waals surface area (Å²) in [6.45, 7) is 2.02. The van der Waals surface area contributed by atoms with Crippen molar-refractivity contribution in [3.63, 3.8) is 0 Å². The monoisotopic (exact) mass is 422 g/mol. The first kappa shape index (κ1) is 22.2. The number of hydrogen-bond donors (Lipinski definition) is 2. The van der Waals surface area contributed by atoms with Gasteiger partial charge in [0.15, 0.2) is 0 Å². The van der Waals surface area contributed by atoms with E-state index in [0.29, 0.717) is 13.0 Å². The Balaban J connectivity index is 0.000000858. The fourth-order valence-corrected chi connectivity index (χ4v) is 3.70. The Bertz CT molecular complexity index is 1010. The number of carbonyl (C=O) groups is 2. The van der Waals surface area contributed by atoms with Crippen molar-refractivity contribution in [1.29, 1.82) is 0 Å². The number of pyridine rings is 2. The summed E-state index contributed by atoms with van der Waals surface area (Å²) in [5.74, 6) is 0.922. The van der Waals surface area contributed by atoms with Crippen molar-refractivity contribution in [1.82, 2.24) is 20.2 Å². The van der Waals surface area contributed by atoms with Crippen LogP contribution in [0.4, 0.5) is 0 Å². The van der Waals surface area contributed by atoms with Crippen LogP contribution < -0.4 is 10.1 Å². The molecule has 8 nitrogen and oxygen atoms in total. The summed E-state index contributed by atoms with van der Waals surface area (Å²) in [5, 5.41) is 11.0. The lowest BCUT2D eigenvalue weighted by atomic mass is 10.1. The maximum absolute atomic E-state index is 11.6. The van der Waals surface area contributed by atoms with Crippen molar-refractivity contribution >= 4 is 23.3 Å². The van der Waals surface area contributed by atoms with E-state index in [-0.39, 0.29) is 18.4 Å². The Labute approximate surface area is 180 Å². The molecule has 1 fully saturated rings. The minimum Gasteiger partial charge on any atom is -0.494 e. The smallest absolute Gasteiger partial charge is 0.290 e. The minimum absolute atomic E-state index is 0.141. The van der Waals surface area contributed by atoms with Crippen LogP contribution in [0, 0.1) is 0 Å². The van der Waals surface area contributed by atoms with E-state index < -0.39 is 0 Å². The lowest BCUT2D eigenvalue weighted by molar-refractivity contribution is -0.123.